The number of aromatic nitrogens is 1. The van der Waals surface area contributed by atoms with Crippen LogP contribution in [0.1, 0.15) is 34.0 Å². The second-order valence-corrected chi connectivity index (χ2v) is 7.40. The van der Waals surface area contributed by atoms with E-state index in [0.717, 1.165) is 0 Å². The summed E-state index contributed by atoms with van der Waals surface area (Å²) in [6.07, 6.45) is -11.3. The number of pyridine rings is 1. The quantitative estimate of drug-likeness (QED) is 0.292. The molecule has 0 fully saturated rings. The van der Waals surface area contributed by atoms with Crippen LogP contribution < -0.4 is 10.0 Å². The number of benzene rings is 2. The van der Waals surface area contributed by atoms with Gasteiger partial charge < -0.3 is 10.5 Å². The number of halogens is 7. The molecule has 0 spiro atoms. The van der Waals surface area contributed by atoms with Gasteiger partial charge in [0.1, 0.15) is 0 Å². The van der Waals surface area contributed by atoms with Crippen LogP contribution in [0, 0.1) is 12.1 Å². The number of rotatable bonds is 4. The summed E-state index contributed by atoms with van der Waals surface area (Å²) in [7, 11) is 0. The van der Waals surface area contributed by atoms with E-state index in [2.05, 4.69) is 5.32 Å². The zero-order valence-corrected chi connectivity index (χ0v) is 17.2. The molecule has 1 heterocycles. The first kappa shape index (κ1) is 24.3. The Balaban J connectivity index is 2.04. The van der Waals surface area contributed by atoms with Crippen molar-refractivity contribution in [3.8, 4) is 0 Å². The van der Waals surface area contributed by atoms with Gasteiger partial charge >= 0.3 is 18.0 Å². The fourth-order valence-corrected chi connectivity index (χ4v) is 3.53. The van der Waals surface area contributed by atoms with Gasteiger partial charge in [-0.05, 0) is 48.7 Å². The van der Waals surface area contributed by atoms with Crippen LogP contribution in [0.15, 0.2) is 48.7 Å². The average molecular weight is 474 g/mol. The fourth-order valence-electron chi connectivity index (χ4n) is 3.53. The number of hydrogen-bond acceptors (Lipinski definition) is 2. The smallest absolute Gasteiger partial charge is 0.435 e. The molecule has 1 amide bonds. The summed E-state index contributed by atoms with van der Waals surface area (Å²) in [6.45, 7) is 2.62. The summed E-state index contributed by atoms with van der Waals surface area (Å²) < 4.78 is 94.0. The van der Waals surface area contributed by atoms with Crippen molar-refractivity contribution in [1.29, 1.82) is 0 Å². The van der Waals surface area contributed by atoms with Gasteiger partial charge in [0.15, 0.2) is 6.20 Å². The summed E-state index contributed by atoms with van der Waals surface area (Å²) in [6, 6.07) is 8.11. The molecule has 1 aromatic heterocycles. The summed E-state index contributed by atoms with van der Waals surface area (Å²) in [5, 5.41) is 14.7. The molecule has 0 aliphatic heterocycles. The second kappa shape index (κ2) is 8.20. The van der Waals surface area contributed by atoms with Crippen molar-refractivity contribution < 1.29 is 40.3 Å². The number of carbonyl (C=O) groups excluding carboxylic acids is 1. The first-order valence-electron chi connectivity index (χ1n) is 9.60. The zero-order chi connectivity index (χ0) is 24.8. The van der Waals surface area contributed by atoms with Crippen LogP contribution in [-0.2, 0) is 12.1 Å². The van der Waals surface area contributed by atoms with Crippen LogP contribution in [0.25, 0.3) is 10.9 Å². The lowest BCUT2D eigenvalue weighted by molar-refractivity contribution is -0.577. The molecule has 0 bridgehead atoms. The predicted molar refractivity (Wildman–Crippen MR) is 106 cm³/mol. The number of hydrogen-bond donors (Lipinski definition) is 1. The lowest BCUT2D eigenvalue weighted by Gasteiger charge is -2.31. The van der Waals surface area contributed by atoms with Gasteiger partial charge in [-0.2, -0.15) is 31.1 Å². The second-order valence-electron chi connectivity index (χ2n) is 7.40. The van der Waals surface area contributed by atoms with Crippen molar-refractivity contribution in [2.24, 2.45) is 0 Å². The summed E-state index contributed by atoms with van der Waals surface area (Å²) in [5.41, 5.74) is -7.08. The Morgan fingerprint density at radius 2 is 1.64 bits per heavy atom. The molecule has 3 aromatic rings. The van der Waals surface area contributed by atoms with Crippen LogP contribution in [0.5, 0.6) is 0 Å². The monoisotopic (exact) mass is 474 g/mol. The van der Waals surface area contributed by atoms with Gasteiger partial charge in [-0.3, -0.25) is 4.79 Å². The SMILES string of the molecule is CCc1cc(C(F)(C(F)(F)F)C(F)(F)F)cc(C)c1NC(=O)c1ccc2c(ccc[n+]2[O-])c1. The number of anilines is 1. The number of amides is 1. The third-order valence-electron chi connectivity index (χ3n) is 5.24. The largest absolute Gasteiger partial charge is 0.618 e. The molecule has 0 saturated heterocycles. The van der Waals surface area contributed by atoms with E-state index in [4.69, 9.17) is 0 Å². The molecule has 33 heavy (non-hydrogen) atoms. The minimum atomic E-state index is -6.24. The third-order valence-corrected chi connectivity index (χ3v) is 5.24. The van der Waals surface area contributed by atoms with E-state index in [9.17, 15) is 40.7 Å². The number of carbonyl (C=O) groups is 1. The van der Waals surface area contributed by atoms with E-state index in [-0.39, 0.29) is 28.8 Å². The average Bonchev–Trinajstić information content (AvgIpc) is 2.72. The Morgan fingerprint density at radius 3 is 2.21 bits per heavy atom. The first-order valence-corrected chi connectivity index (χ1v) is 9.60. The molecule has 0 aliphatic carbocycles. The van der Waals surface area contributed by atoms with Crippen molar-refractivity contribution in [2.75, 3.05) is 5.32 Å². The molecule has 0 radical (unpaired) electrons. The van der Waals surface area contributed by atoms with Gasteiger partial charge in [0.2, 0.25) is 5.52 Å². The third kappa shape index (κ3) is 4.19. The molecule has 11 heteroatoms. The van der Waals surface area contributed by atoms with E-state index >= 15 is 0 Å². The molecule has 0 atom stereocenters. The molecular weight excluding hydrogens is 457 g/mol. The lowest BCUT2D eigenvalue weighted by Crippen LogP contribution is -2.50. The molecule has 3 rings (SSSR count). The molecule has 0 aliphatic rings. The Hall–Kier alpha value is -3.37. The highest BCUT2D eigenvalue weighted by molar-refractivity contribution is 6.06. The Bertz CT molecular complexity index is 1210. The maximum atomic E-state index is 14.5. The number of aryl methyl sites for hydroxylation is 2. The van der Waals surface area contributed by atoms with Gasteiger partial charge in [0.05, 0.1) is 0 Å². The highest BCUT2D eigenvalue weighted by Crippen LogP contribution is 2.53. The topological polar surface area (TPSA) is 56.0 Å². The molecular formula is C22H17F7N2O2. The van der Waals surface area contributed by atoms with Crippen molar-refractivity contribution in [2.45, 2.75) is 38.3 Å². The maximum absolute atomic E-state index is 14.5. The first-order chi connectivity index (χ1) is 15.2. The standard InChI is InChI=1S/C22H17F7N2O2/c1-3-13-11-16(20(23,21(24,25)26)22(27,28)29)9-12(2)18(13)30-19(32)15-6-7-17-14(10-15)5-4-8-31(17)33/h4-11H,3H2,1-2H3,(H,30,32). The predicted octanol–water partition coefficient (Wildman–Crippen LogP) is 5.89. The van der Waals surface area contributed by atoms with Gasteiger partial charge in [-0.15, -0.1) is 0 Å². The highest BCUT2D eigenvalue weighted by atomic mass is 19.4. The molecule has 4 nitrogen and oxygen atoms in total. The molecule has 0 unspecified atom stereocenters. The zero-order valence-electron chi connectivity index (χ0n) is 17.2. The van der Waals surface area contributed by atoms with E-state index in [1.54, 1.807) is 6.07 Å². The number of nitrogens with zero attached hydrogens (tertiary/aromatic N) is 1. The van der Waals surface area contributed by atoms with Crippen molar-refractivity contribution in [1.82, 2.24) is 0 Å². The van der Waals surface area contributed by atoms with E-state index in [0.29, 0.717) is 27.8 Å². The normalized spacial score (nSPS) is 12.8. The van der Waals surface area contributed by atoms with Crippen LogP contribution in [-0.4, -0.2) is 18.3 Å². The van der Waals surface area contributed by atoms with E-state index in [1.807, 2.05) is 0 Å². The Morgan fingerprint density at radius 1 is 1.00 bits per heavy atom. The number of fused-ring (bicyclic) bond motifs is 1. The lowest BCUT2D eigenvalue weighted by atomic mass is 9.89. The van der Waals surface area contributed by atoms with Crippen LogP contribution in [0.3, 0.4) is 0 Å². The summed E-state index contributed by atoms with van der Waals surface area (Å²) in [4.78, 5) is 12.7. The summed E-state index contributed by atoms with van der Waals surface area (Å²) in [5.74, 6) is -0.707. The van der Waals surface area contributed by atoms with Crippen molar-refractivity contribution >= 4 is 22.5 Å². The van der Waals surface area contributed by atoms with Crippen LogP contribution >= 0.6 is 0 Å². The van der Waals surface area contributed by atoms with Crippen LogP contribution in [0.4, 0.5) is 36.4 Å². The highest BCUT2D eigenvalue weighted by Gasteiger charge is 2.73. The van der Waals surface area contributed by atoms with Gasteiger partial charge in [0.25, 0.3) is 5.91 Å². The number of alkyl halides is 7. The van der Waals surface area contributed by atoms with E-state index < -0.39 is 29.5 Å². The molecule has 0 saturated carbocycles. The van der Waals surface area contributed by atoms with Crippen molar-refractivity contribution in [3.63, 3.8) is 0 Å². The molecule has 1 N–H and O–H groups in total. The minimum Gasteiger partial charge on any atom is -0.618 e. The van der Waals surface area contributed by atoms with Gasteiger partial charge in [0, 0.05) is 34.3 Å². The van der Waals surface area contributed by atoms with E-state index in [1.165, 1.54) is 44.3 Å². The minimum absolute atomic E-state index is 0.0232. The molecule has 2 aromatic carbocycles. The van der Waals surface area contributed by atoms with Crippen LogP contribution in [0.2, 0.25) is 0 Å². The van der Waals surface area contributed by atoms with Gasteiger partial charge in [-0.25, -0.2) is 4.39 Å². The fraction of sp³-hybridized carbons (Fsp3) is 0.273. The number of nitrogens with one attached hydrogen (secondary N) is 1. The van der Waals surface area contributed by atoms with Gasteiger partial charge in [-0.1, -0.05) is 13.0 Å². The Kier molecular flexibility index (Phi) is 6.03. The Labute approximate surface area is 183 Å². The molecule has 176 valence electrons. The summed E-state index contributed by atoms with van der Waals surface area (Å²) >= 11 is 0. The van der Waals surface area contributed by atoms with Crippen molar-refractivity contribution in [3.05, 3.63) is 76.1 Å². The maximum Gasteiger partial charge on any atom is 0.435 e.